The Bertz CT molecular complexity index is 1010. The second kappa shape index (κ2) is 9.36. The maximum atomic E-state index is 13.3. The Kier molecular flexibility index (Phi) is 6.40. The number of rotatable bonds is 6. The van der Waals surface area contributed by atoms with Crippen LogP contribution in [0.4, 0.5) is 16.0 Å². The number of aromatic nitrogens is 3. The Hall–Kier alpha value is -2.77. The van der Waals surface area contributed by atoms with Gasteiger partial charge in [0.1, 0.15) is 17.5 Å². The van der Waals surface area contributed by atoms with Gasteiger partial charge in [0.2, 0.25) is 0 Å². The van der Waals surface area contributed by atoms with Crippen LogP contribution in [0.25, 0.3) is 11.3 Å². The molecule has 0 unspecified atom stereocenters. The van der Waals surface area contributed by atoms with E-state index in [1.54, 1.807) is 12.4 Å². The van der Waals surface area contributed by atoms with Gasteiger partial charge in [-0.3, -0.25) is 4.98 Å². The predicted molar refractivity (Wildman–Crippen MR) is 118 cm³/mol. The molecule has 0 aromatic carbocycles. The van der Waals surface area contributed by atoms with Gasteiger partial charge in [-0.15, -0.1) is 0 Å². The van der Waals surface area contributed by atoms with Crippen LogP contribution in [-0.2, 0) is 6.54 Å². The third kappa shape index (κ3) is 5.23. The highest BCUT2D eigenvalue weighted by Crippen LogP contribution is 2.30. The molecule has 1 aliphatic carbocycles. The standard InChI is InChI=1S/C22H24ClFN6/c23-19-13-28-22(29-17-6-4-16(25)5-7-17)9-18(19)20-2-1-3-21(30-20)27-11-14-8-15(24)12-26-10-14/h1-3,8-10,12-13,16-17H,4-7,11,25H2,(H,27,30)(H,28,29). The Morgan fingerprint density at radius 1 is 1.07 bits per heavy atom. The largest absolute Gasteiger partial charge is 0.367 e. The third-order valence-electron chi connectivity index (χ3n) is 5.24. The van der Waals surface area contributed by atoms with Gasteiger partial charge in [0.25, 0.3) is 0 Å². The van der Waals surface area contributed by atoms with Gasteiger partial charge in [-0.25, -0.2) is 14.4 Å². The van der Waals surface area contributed by atoms with Gasteiger partial charge in [0.15, 0.2) is 0 Å². The lowest BCUT2D eigenvalue weighted by atomic mass is 9.92. The van der Waals surface area contributed by atoms with Gasteiger partial charge in [-0.05, 0) is 55.5 Å². The van der Waals surface area contributed by atoms with Crippen molar-refractivity contribution >= 4 is 23.2 Å². The summed E-state index contributed by atoms with van der Waals surface area (Å²) < 4.78 is 13.3. The summed E-state index contributed by atoms with van der Waals surface area (Å²) in [5.74, 6) is 1.08. The lowest BCUT2D eigenvalue weighted by Gasteiger charge is -2.27. The zero-order chi connectivity index (χ0) is 20.9. The average molecular weight is 427 g/mol. The molecule has 1 saturated carbocycles. The van der Waals surface area contributed by atoms with Gasteiger partial charge in [0.05, 0.1) is 16.9 Å². The molecule has 0 saturated heterocycles. The molecular formula is C22H24ClFN6. The van der Waals surface area contributed by atoms with Crippen molar-refractivity contribution in [2.75, 3.05) is 10.6 Å². The highest BCUT2D eigenvalue weighted by Gasteiger charge is 2.19. The van der Waals surface area contributed by atoms with E-state index >= 15 is 0 Å². The van der Waals surface area contributed by atoms with Crippen molar-refractivity contribution in [2.24, 2.45) is 5.73 Å². The molecule has 6 nitrogen and oxygen atoms in total. The molecule has 3 aromatic heterocycles. The summed E-state index contributed by atoms with van der Waals surface area (Å²) in [6.07, 6.45) is 8.56. The van der Waals surface area contributed by atoms with E-state index in [1.165, 1.54) is 12.3 Å². The molecule has 0 amide bonds. The fraction of sp³-hybridized carbons (Fsp3) is 0.318. The third-order valence-corrected chi connectivity index (χ3v) is 5.54. The molecular weight excluding hydrogens is 403 g/mol. The summed E-state index contributed by atoms with van der Waals surface area (Å²) in [6.45, 7) is 0.419. The number of pyridine rings is 3. The number of hydrogen-bond donors (Lipinski definition) is 3. The lowest BCUT2D eigenvalue weighted by molar-refractivity contribution is 0.410. The van der Waals surface area contributed by atoms with E-state index in [4.69, 9.17) is 17.3 Å². The fourth-order valence-electron chi connectivity index (χ4n) is 3.61. The number of anilines is 2. The zero-order valence-electron chi connectivity index (χ0n) is 16.5. The first-order chi connectivity index (χ1) is 14.6. The molecule has 0 radical (unpaired) electrons. The molecule has 4 rings (SSSR count). The Morgan fingerprint density at radius 2 is 1.90 bits per heavy atom. The molecule has 0 atom stereocenters. The lowest BCUT2D eigenvalue weighted by Crippen LogP contribution is -2.33. The summed E-state index contributed by atoms with van der Waals surface area (Å²) in [4.78, 5) is 12.9. The average Bonchev–Trinajstić information content (AvgIpc) is 2.75. The van der Waals surface area contributed by atoms with Crippen molar-refractivity contribution in [3.63, 3.8) is 0 Å². The van der Waals surface area contributed by atoms with E-state index in [-0.39, 0.29) is 5.82 Å². The monoisotopic (exact) mass is 426 g/mol. The highest BCUT2D eigenvalue weighted by molar-refractivity contribution is 6.33. The minimum Gasteiger partial charge on any atom is -0.367 e. The number of hydrogen-bond acceptors (Lipinski definition) is 6. The van der Waals surface area contributed by atoms with Crippen molar-refractivity contribution in [1.29, 1.82) is 0 Å². The van der Waals surface area contributed by atoms with Crippen LogP contribution in [0.3, 0.4) is 0 Å². The van der Waals surface area contributed by atoms with E-state index in [9.17, 15) is 4.39 Å². The molecule has 156 valence electrons. The molecule has 1 fully saturated rings. The quantitative estimate of drug-likeness (QED) is 0.532. The Morgan fingerprint density at radius 3 is 2.70 bits per heavy atom. The van der Waals surface area contributed by atoms with Crippen LogP contribution in [0.5, 0.6) is 0 Å². The summed E-state index contributed by atoms with van der Waals surface area (Å²) in [5, 5.41) is 7.23. The Labute approximate surface area is 180 Å². The second-order valence-corrected chi connectivity index (χ2v) is 7.99. The van der Waals surface area contributed by atoms with Gasteiger partial charge in [-0.2, -0.15) is 0 Å². The molecule has 3 aromatic rings. The van der Waals surface area contributed by atoms with E-state index in [0.717, 1.165) is 48.3 Å². The van der Waals surface area contributed by atoms with Crippen molar-refractivity contribution in [1.82, 2.24) is 15.0 Å². The smallest absolute Gasteiger partial charge is 0.141 e. The maximum Gasteiger partial charge on any atom is 0.141 e. The van der Waals surface area contributed by atoms with Crippen LogP contribution in [0.15, 0.2) is 48.9 Å². The molecule has 8 heteroatoms. The van der Waals surface area contributed by atoms with Crippen molar-refractivity contribution in [3.05, 3.63) is 65.3 Å². The number of nitrogens with two attached hydrogens (primary N) is 1. The summed E-state index contributed by atoms with van der Waals surface area (Å²) in [6, 6.07) is 9.71. The molecule has 0 aliphatic heterocycles. The van der Waals surface area contributed by atoms with Gasteiger partial charge < -0.3 is 16.4 Å². The molecule has 1 aliphatic rings. The van der Waals surface area contributed by atoms with Crippen molar-refractivity contribution in [2.45, 2.75) is 44.3 Å². The minimum absolute atomic E-state index is 0.305. The summed E-state index contributed by atoms with van der Waals surface area (Å²) in [7, 11) is 0. The van der Waals surface area contributed by atoms with Crippen molar-refractivity contribution in [3.8, 4) is 11.3 Å². The normalized spacial score (nSPS) is 18.8. The SMILES string of the molecule is NC1CCC(Nc2cc(-c3cccc(NCc4cncc(F)c4)n3)c(Cl)cn2)CC1. The number of halogens is 2. The molecule has 30 heavy (non-hydrogen) atoms. The maximum absolute atomic E-state index is 13.3. The predicted octanol–water partition coefficient (Wildman–Crippen LogP) is 4.63. The van der Waals surface area contributed by atoms with Crippen LogP contribution >= 0.6 is 11.6 Å². The van der Waals surface area contributed by atoms with Gasteiger partial charge >= 0.3 is 0 Å². The van der Waals surface area contributed by atoms with E-state index < -0.39 is 0 Å². The Balaban J connectivity index is 1.48. The summed E-state index contributed by atoms with van der Waals surface area (Å²) in [5.41, 5.74) is 8.27. The van der Waals surface area contributed by atoms with Crippen LogP contribution in [0.2, 0.25) is 5.02 Å². The van der Waals surface area contributed by atoms with Crippen LogP contribution in [0, 0.1) is 5.82 Å². The van der Waals surface area contributed by atoms with Crippen molar-refractivity contribution < 1.29 is 4.39 Å². The minimum atomic E-state index is -0.362. The summed E-state index contributed by atoms with van der Waals surface area (Å²) >= 11 is 6.42. The van der Waals surface area contributed by atoms with Crippen LogP contribution in [0.1, 0.15) is 31.2 Å². The van der Waals surface area contributed by atoms with Crippen LogP contribution < -0.4 is 16.4 Å². The van der Waals surface area contributed by atoms with Gasteiger partial charge in [-0.1, -0.05) is 17.7 Å². The highest BCUT2D eigenvalue weighted by atomic mass is 35.5. The number of nitrogens with zero attached hydrogens (tertiary/aromatic N) is 3. The zero-order valence-corrected chi connectivity index (χ0v) is 17.2. The van der Waals surface area contributed by atoms with E-state index in [1.807, 2.05) is 24.3 Å². The van der Waals surface area contributed by atoms with E-state index in [2.05, 4.69) is 25.6 Å². The van der Waals surface area contributed by atoms with E-state index in [0.29, 0.717) is 29.5 Å². The molecule has 0 spiro atoms. The second-order valence-electron chi connectivity index (χ2n) is 7.58. The first kappa shape index (κ1) is 20.5. The van der Waals surface area contributed by atoms with Crippen LogP contribution in [-0.4, -0.2) is 27.0 Å². The molecule has 0 bridgehead atoms. The van der Waals surface area contributed by atoms with Gasteiger partial charge in [0, 0.05) is 36.6 Å². The molecule has 4 N–H and O–H groups in total. The first-order valence-corrected chi connectivity index (χ1v) is 10.4. The first-order valence-electron chi connectivity index (χ1n) is 10.1. The topological polar surface area (TPSA) is 88.8 Å². The molecule has 3 heterocycles. The fourth-order valence-corrected chi connectivity index (χ4v) is 3.82. The number of nitrogens with one attached hydrogen (secondary N) is 2.